The zero-order valence-electron chi connectivity index (χ0n) is 12.9. The maximum atomic E-state index is 6.25. The number of rotatable bonds is 7. The fourth-order valence-electron chi connectivity index (χ4n) is 2.13. The van der Waals surface area contributed by atoms with Crippen molar-refractivity contribution in [2.75, 3.05) is 13.1 Å². The first-order valence-electron chi connectivity index (χ1n) is 7.48. The first kappa shape index (κ1) is 16.1. The molecule has 4 heteroatoms. The number of nitrogens with one attached hydrogen (secondary N) is 1. The van der Waals surface area contributed by atoms with Gasteiger partial charge >= 0.3 is 0 Å². The number of hydrogen-bond acceptors (Lipinski definition) is 3. The molecule has 2 rings (SSSR count). The fourth-order valence-corrected chi connectivity index (χ4v) is 2.45. The lowest BCUT2D eigenvalue weighted by Crippen LogP contribution is -2.21. The summed E-state index contributed by atoms with van der Waals surface area (Å²) in [4.78, 5) is 4.34. The molecule has 0 unspecified atom stereocenters. The van der Waals surface area contributed by atoms with Crippen LogP contribution in [0.15, 0.2) is 28.8 Å². The van der Waals surface area contributed by atoms with Gasteiger partial charge in [0.1, 0.15) is 0 Å². The van der Waals surface area contributed by atoms with Gasteiger partial charge in [-0.1, -0.05) is 31.5 Å². The lowest BCUT2D eigenvalue weighted by molar-refractivity contribution is 0.483. The zero-order chi connectivity index (χ0) is 15.2. The minimum Gasteiger partial charge on any atom is -0.441 e. The van der Waals surface area contributed by atoms with Crippen LogP contribution in [0.2, 0.25) is 5.02 Å². The van der Waals surface area contributed by atoms with Gasteiger partial charge in [0, 0.05) is 12.0 Å². The Morgan fingerprint density at radius 2 is 2.14 bits per heavy atom. The minimum atomic E-state index is 0.682. The molecule has 0 spiro atoms. The van der Waals surface area contributed by atoms with E-state index in [2.05, 4.69) is 24.1 Å². The van der Waals surface area contributed by atoms with Crippen molar-refractivity contribution in [3.63, 3.8) is 0 Å². The molecule has 2 aromatic rings. The molecule has 1 aromatic carbocycles. The van der Waals surface area contributed by atoms with Gasteiger partial charge in [-0.15, -0.1) is 0 Å². The summed E-state index contributed by atoms with van der Waals surface area (Å²) in [5, 5.41) is 4.12. The molecule has 0 aliphatic heterocycles. The van der Waals surface area contributed by atoms with Crippen LogP contribution in [0.1, 0.15) is 31.7 Å². The summed E-state index contributed by atoms with van der Waals surface area (Å²) in [5.74, 6) is 2.19. The van der Waals surface area contributed by atoms with E-state index in [0.29, 0.717) is 10.9 Å². The summed E-state index contributed by atoms with van der Waals surface area (Å²) >= 11 is 6.25. The van der Waals surface area contributed by atoms with E-state index in [1.54, 1.807) is 6.20 Å². The van der Waals surface area contributed by atoms with Gasteiger partial charge in [0.25, 0.3) is 0 Å². The molecule has 1 aromatic heterocycles. The van der Waals surface area contributed by atoms with Gasteiger partial charge < -0.3 is 9.73 Å². The van der Waals surface area contributed by atoms with Gasteiger partial charge in [-0.25, -0.2) is 4.98 Å². The smallest absolute Gasteiger partial charge is 0.194 e. The average molecular weight is 307 g/mol. The highest BCUT2D eigenvalue weighted by atomic mass is 35.5. The second kappa shape index (κ2) is 7.62. The van der Waals surface area contributed by atoms with Gasteiger partial charge in [0.15, 0.2) is 11.7 Å². The van der Waals surface area contributed by atoms with Crippen molar-refractivity contribution in [1.29, 1.82) is 0 Å². The summed E-state index contributed by atoms with van der Waals surface area (Å²) in [5.41, 5.74) is 2.04. The van der Waals surface area contributed by atoms with Crippen molar-refractivity contribution < 1.29 is 4.42 Å². The molecular formula is C17H23ClN2O. The Morgan fingerprint density at radius 3 is 2.86 bits per heavy atom. The normalized spacial score (nSPS) is 11.3. The first-order chi connectivity index (χ1) is 10.1. The van der Waals surface area contributed by atoms with E-state index < -0.39 is 0 Å². The molecule has 114 valence electrons. The topological polar surface area (TPSA) is 38.1 Å². The molecule has 0 bridgehead atoms. The first-order valence-corrected chi connectivity index (χ1v) is 7.86. The molecule has 0 amide bonds. The highest BCUT2D eigenvalue weighted by Crippen LogP contribution is 2.29. The van der Waals surface area contributed by atoms with Crippen LogP contribution in [0.25, 0.3) is 11.3 Å². The van der Waals surface area contributed by atoms with E-state index in [-0.39, 0.29) is 0 Å². The molecule has 1 heterocycles. The lowest BCUT2D eigenvalue weighted by atomic mass is 10.1. The third kappa shape index (κ3) is 4.87. The number of halogens is 1. The van der Waals surface area contributed by atoms with Gasteiger partial charge in [-0.2, -0.15) is 0 Å². The predicted molar refractivity (Wildman–Crippen MR) is 87.7 cm³/mol. The highest BCUT2D eigenvalue weighted by Gasteiger charge is 2.09. The molecule has 0 atom stereocenters. The Labute approximate surface area is 131 Å². The number of aromatic nitrogens is 1. The molecular weight excluding hydrogens is 284 g/mol. The molecule has 0 radical (unpaired) electrons. The Balaban J connectivity index is 1.89. The van der Waals surface area contributed by atoms with E-state index in [0.717, 1.165) is 48.7 Å². The molecule has 1 N–H and O–H groups in total. The van der Waals surface area contributed by atoms with E-state index in [1.807, 2.05) is 25.1 Å². The molecule has 0 aliphatic rings. The van der Waals surface area contributed by atoms with Crippen molar-refractivity contribution in [2.45, 2.75) is 33.6 Å². The average Bonchev–Trinajstić information content (AvgIpc) is 2.86. The second-order valence-corrected chi connectivity index (χ2v) is 6.21. The number of benzene rings is 1. The van der Waals surface area contributed by atoms with Crippen molar-refractivity contribution >= 4 is 11.6 Å². The van der Waals surface area contributed by atoms with E-state index >= 15 is 0 Å². The Kier molecular flexibility index (Phi) is 5.83. The maximum Gasteiger partial charge on any atom is 0.194 e. The zero-order valence-corrected chi connectivity index (χ0v) is 13.7. The van der Waals surface area contributed by atoms with Crippen LogP contribution in [0, 0.1) is 12.8 Å². The molecule has 3 nitrogen and oxygen atoms in total. The van der Waals surface area contributed by atoms with Crippen LogP contribution in [0.5, 0.6) is 0 Å². The van der Waals surface area contributed by atoms with Crippen molar-refractivity contribution in [2.24, 2.45) is 5.92 Å². The van der Waals surface area contributed by atoms with Gasteiger partial charge in [-0.3, -0.25) is 0 Å². The van der Waals surface area contributed by atoms with Gasteiger partial charge in [0.2, 0.25) is 0 Å². The Hall–Kier alpha value is -1.32. The molecule has 0 saturated heterocycles. The summed E-state index contributed by atoms with van der Waals surface area (Å²) < 4.78 is 5.79. The van der Waals surface area contributed by atoms with Crippen LogP contribution < -0.4 is 5.32 Å². The van der Waals surface area contributed by atoms with E-state index in [9.17, 15) is 0 Å². The molecule has 0 fully saturated rings. The second-order valence-electron chi connectivity index (χ2n) is 5.80. The number of aryl methyl sites for hydroxylation is 2. The van der Waals surface area contributed by atoms with E-state index in [1.165, 1.54) is 0 Å². The summed E-state index contributed by atoms with van der Waals surface area (Å²) in [6.45, 7) is 8.47. The quantitative estimate of drug-likeness (QED) is 0.766. The van der Waals surface area contributed by atoms with Crippen LogP contribution in [-0.4, -0.2) is 18.1 Å². The van der Waals surface area contributed by atoms with Gasteiger partial charge in [0.05, 0.1) is 11.2 Å². The van der Waals surface area contributed by atoms with Gasteiger partial charge in [-0.05, 0) is 50.0 Å². The minimum absolute atomic E-state index is 0.682. The van der Waals surface area contributed by atoms with E-state index in [4.69, 9.17) is 16.0 Å². The summed E-state index contributed by atoms with van der Waals surface area (Å²) in [7, 11) is 0. The monoisotopic (exact) mass is 306 g/mol. The van der Waals surface area contributed by atoms with Crippen LogP contribution >= 0.6 is 11.6 Å². The Bertz CT molecular complexity index is 578. The highest BCUT2D eigenvalue weighted by molar-refractivity contribution is 6.33. The van der Waals surface area contributed by atoms with Crippen molar-refractivity contribution in [3.05, 3.63) is 40.9 Å². The van der Waals surface area contributed by atoms with Crippen molar-refractivity contribution in [3.8, 4) is 11.3 Å². The largest absolute Gasteiger partial charge is 0.441 e. The fraction of sp³-hybridized carbons (Fsp3) is 0.471. The maximum absolute atomic E-state index is 6.25. The summed E-state index contributed by atoms with van der Waals surface area (Å²) in [6, 6.07) is 5.94. The van der Waals surface area contributed by atoms with Crippen molar-refractivity contribution in [1.82, 2.24) is 10.3 Å². The third-order valence-corrected chi connectivity index (χ3v) is 3.55. The molecule has 21 heavy (non-hydrogen) atoms. The van der Waals surface area contributed by atoms with Crippen LogP contribution in [0.3, 0.4) is 0 Å². The Morgan fingerprint density at radius 1 is 1.33 bits per heavy atom. The SMILES string of the molecule is Cc1ccc(-c2cnc(CCCNCC(C)C)o2)c(Cl)c1. The number of oxazole rings is 1. The summed E-state index contributed by atoms with van der Waals surface area (Å²) in [6.07, 6.45) is 3.62. The van der Waals surface area contributed by atoms with Crippen LogP contribution in [-0.2, 0) is 6.42 Å². The lowest BCUT2D eigenvalue weighted by Gasteiger charge is -2.05. The number of hydrogen-bond donors (Lipinski definition) is 1. The predicted octanol–water partition coefficient (Wildman–Crippen LogP) is 4.48. The molecule has 0 aliphatic carbocycles. The third-order valence-electron chi connectivity index (χ3n) is 3.24. The number of nitrogens with zero attached hydrogens (tertiary/aromatic N) is 1. The van der Waals surface area contributed by atoms with Crippen LogP contribution in [0.4, 0.5) is 0 Å². The standard InChI is InChI=1S/C17H23ClN2O/c1-12(2)10-19-8-4-5-17-20-11-16(21-17)14-7-6-13(3)9-15(14)18/h6-7,9,11-12,19H,4-5,8,10H2,1-3H3. The molecule has 0 saturated carbocycles.